The van der Waals surface area contributed by atoms with Crippen molar-refractivity contribution in [2.24, 2.45) is 5.73 Å². The largest absolute Gasteiger partial charge is 0.326 e. The van der Waals surface area contributed by atoms with E-state index >= 15 is 0 Å². The minimum absolute atomic E-state index is 0.0381. The van der Waals surface area contributed by atoms with Crippen LogP contribution in [0.2, 0.25) is 0 Å². The highest BCUT2D eigenvalue weighted by molar-refractivity contribution is 6.05. The molecule has 0 radical (unpaired) electrons. The normalized spacial score (nSPS) is 13.2. The third-order valence-corrected chi connectivity index (χ3v) is 3.11. The van der Waals surface area contributed by atoms with E-state index in [1.165, 1.54) is 0 Å². The molecule has 1 unspecified atom stereocenters. The standard InChI is InChI=1S/C14H15N3O/c1-9(15)8-17-14-11(7-16-17)3-2-10-6-12(18)4-5-13(10)14/h2-7,9,16H,8,15H2,1H3. The molecule has 0 amide bonds. The van der Waals surface area contributed by atoms with Crippen molar-refractivity contribution < 1.29 is 0 Å². The molecule has 3 aromatic rings. The van der Waals surface area contributed by atoms with Gasteiger partial charge in [-0.1, -0.05) is 12.1 Å². The molecular weight excluding hydrogens is 226 g/mol. The van der Waals surface area contributed by atoms with E-state index in [0.29, 0.717) is 0 Å². The van der Waals surface area contributed by atoms with Gasteiger partial charge in [0.15, 0.2) is 5.43 Å². The zero-order valence-electron chi connectivity index (χ0n) is 10.2. The van der Waals surface area contributed by atoms with Crippen molar-refractivity contribution in [1.29, 1.82) is 0 Å². The summed E-state index contributed by atoms with van der Waals surface area (Å²) in [6.07, 6.45) is 1.96. The fraction of sp³-hybridized carbons (Fsp3) is 0.214. The fourth-order valence-corrected chi connectivity index (χ4v) is 2.37. The van der Waals surface area contributed by atoms with E-state index in [1.807, 2.05) is 36.0 Å². The highest BCUT2D eigenvalue weighted by atomic mass is 16.1. The molecule has 4 heteroatoms. The van der Waals surface area contributed by atoms with Crippen LogP contribution in [-0.2, 0) is 6.54 Å². The average Bonchev–Trinajstić information content (AvgIpc) is 2.71. The number of fused-ring (bicyclic) bond motifs is 3. The molecule has 0 spiro atoms. The van der Waals surface area contributed by atoms with Crippen LogP contribution in [0.3, 0.4) is 0 Å². The maximum Gasteiger partial charge on any atom is 0.179 e. The molecule has 0 aliphatic carbocycles. The highest BCUT2D eigenvalue weighted by Crippen LogP contribution is 2.24. The molecule has 18 heavy (non-hydrogen) atoms. The molecule has 0 saturated heterocycles. The van der Waals surface area contributed by atoms with Crippen LogP contribution in [0.1, 0.15) is 6.92 Å². The summed E-state index contributed by atoms with van der Waals surface area (Å²) >= 11 is 0. The summed E-state index contributed by atoms with van der Waals surface area (Å²) in [7, 11) is 0. The molecular formula is C14H15N3O. The Morgan fingerprint density at radius 1 is 1.28 bits per heavy atom. The Labute approximate surface area is 104 Å². The molecule has 1 atom stereocenters. The summed E-state index contributed by atoms with van der Waals surface area (Å²) in [5.41, 5.74) is 6.99. The van der Waals surface area contributed by atoms with E-state index in [9.17, 15) is 4.79 Å². The topological polar surface area (TPSA) is 63.8 Å². The van der Waals surface area contributed by atoms with Gasteiger partial charge in [-0.2, -0.15) is 0 Å². The predicted molar refractivity (Wildman–Crippen MR) is 73.7 cm³/mol. The quantitative estimate of drug-likeness (QED) is 0.719. The number of aromatic nitrogens is 2. The van der Waals surface area contributed by atoms with Gasteiger partial charge in [-0.15, -0.1) is 0 Å². The number of rotatable bonds is 2. The van der Waals surface area contributed by atoms with Crippen molar-refractivity contribution in [3.05, 3.63) is 46.8 Å². The number of hydrogen-bond donors (Lipinski definition) is 2. The van der Waals surface area contributed by atoms with Crippen LogP contribution in [-0.4, -0.2) is 15.8 Å². The molecule has 0 saturated carbocycles. The number of nitrogens with zero attached hydrogens (tertiary/aromatic N) is 1. The molecule has 2 aromatic carbocycles. The zero-order valence-corrected chi connectivity index (χ0v) is 10.2. The van der Waals surface area contributed by atoms with Crippen LogP contribution < -0.4 is 11.2 Å². The maximum absolute atomic E-state index is 11.4. The van der Waals surface area contributed by atoms with Crippen molar-refractivity contribution in [3.8, 4) is 0 Å². The van der Waals surface area contributed by atoms with Crippen molar-refractivity contribution in [2.45, 2.75) is 19.5 Å². The number of nitrogens with one attached hydrogen (secondary N) is 1. The van der Waals surface area contributed by atoms with Crippen LogP contribution in [0.5, 0.6) is 0 Å². The molecule has 1 heterocycles. The summed E-state index contributed by atoms with van der Waals surface area (Å²) in [4.78, 5) is 11.4. The Bertz CT molecular complexity index is 767. The second-order valence-corrected chi connectivity index (χ2v) is 4.75. The van der Waals surface area contributed by atoms with E-state index in [4.69, 9.17) is 5.73 Å². The third-order valence-electron chi connectivity index (χ3n) is 3.11. The van der Waals surface area contributed by atoms with Crippen molar-refractivity contribution in [2.75, 3.05) is 0 Å². The van der Waals surface area contributed by atoms with Crippen LogP contribution in [0.15, 0.2) is 41.3 Å². The lowest BCUT2D eigenvalue weighted by Gasteiger charge is -2.09. The SMILES string of the molecule is CC(N)Cn1[nH]cc2ccc3cc(=O)ccc3c21. The van der Waals surface area contributed by atoms with Gasteiger partial charge in [0, 0.05) is 23.0 Å². The molecule has 4 nitrogen and oxygen atoms in total. The van der Waals surface area contributed by atoms with Crippen molar-refractivity contribution >= 4 is 21.7 Å². The van der Waals surface area contributed by atoms with Crippen LogP contribution >= 0.6 is 0 Å². The van der Waals surface area contributed by atoms with Gasteiger partial charge in [0.05, 0.1) is 12.1 Å². The average molecular weight is 241 g/mol. The minimum Gasteiger partial charge on any atom is -0.326 e. The number of aromatic amines is 1. The van der Waals surface area contributed by atoms with Crippen LogP contribution in [0.25, 0.3) is 21.7 Å². The molecule has 92 valence electrons. The Morgan fingerprint density at radius 3 is 2.83 bits per heavy atom. The van der Waals surface area contributed by atoms with Gasteiger partial charge in [-0.3, -0.25) is 9.48 Å². The zero-order chi connectivity index (χ0) is 12.7. The number of hydrogen-bond acceptors (Lipinski definition) is 2. The molecule has 0 bridgehead atoms. The first-order chi connectivity index (χ1) is 8.65. The number of benzene rings is 2. The first-order valence-electron chi connectivity index (χ1n) is 6.01. The van der Waals surface area contributed by atoms with E-state index in [-0.39, 0.29) is 11.5 Å². The fourth-order valence-electron chi connectivity index (χ4n) is 2.37. The maximum atomic E-state index is 11.4. The lowest BCUT2D eigenvalue weighted by molar-refractivity contribution is 0.554. The lowest BCUT2D eigenvalue weighted by Crippen LogP contribution is -2.22. The second kappa shape index (κ2) is 3.99. The Balaban J connectivity index is 2.36. The first-order valence-corrected chi connectivity index (χ1v) is 6.01. The summed E-state index contributed by atoms with van der Waals surface area (Å²) < 4.78 is 2.03. The Hall–Kier alpha value is -2.07. The summed E-state index contributed by atoms with van der Waals surface area (Å²) in [5.74, 6) is 0. The monoisotopic (exact) mass is 241 g/mol. The molecule has 3 N–H and O–H groups in total. The minimum atomic E-state index is 0.0381. The van der Waals surface area contributed by atoms with E-state index in [1.54, 1.807) is 12.1 Å². The molecule has 0 aliphatic rings. The summed E-state index contributed by atoms with van der Waals surface area (Å²) in [5, 5.41) is 6.38. The van der Waals surface area contributed by atoms with Gasteiger partial charge in [0.25, 0.3) is 0 Å². The van der Waals surface area contributed by atoms with Gasteiger partial charge in [0.1, 0.15) is 0 Å². The summed E-state index contributed by atoms with van der Waals surface area (Å²) in [6.45, 7) is 2.70. The number of H-pyrrole nitrogens is 1. The molecule has 1 aromatic heterocycles. The highest BCUT2D eigenvalue weighted by Gasteiger charge is 2.07. The van der Waals surface area contributed by atoms with E-state index in [0.717, 1.165) is 28.2 Å². The van der Waals surface area contributed by atoms with Gasteiger partial charge >= 0.3 is 0 Å². The Morgan fingerprint density at radius 2 is 2.06 bits per heavy atom. The number of nitrogens with two attached hydrogens (primary N) is 1. The van der Waals surface area contributed by atoms with Gasteiger partial charge in [-0.05, 0) is 30.5 Å². The second-order valence-electron chi connectivity index (χ2n) is 4.75. The Kier molecular flexibility index (Phi) is 2.45. The van der Waals surface area contributed by atoms with Crippen molar-refractivity contribution in [1.82, 2.24) is 9.78 Å². The first kappa shape index (κ1) is 11.0. The molecule has 3 rings (SSSR count). The third kappa shape index (κ3) is 1.71. The van der Waals surface area contributed by atoms with Gasteiger partial charge < -0.3 is 10.8 Å². The summed E-state index contributed by atoms with van der Waals surface area (Å²) in [6, 6.07) is 9.22. The van der Waals surface area contributed by atoms with Crippen LogP contribution in [0, 0.1) is 0 Å². The van der Waals surface area contributed by atoms with E-state index < -0.39 is 0 Å². The molecule has 0 aliphatic heterocycles. The van der Waals surface area contributed by atoms with Gasteiger partial charge in [0.2, 0.25) is 0 Å². The van der Waals surface area contributed by atoms with E-state index in [2.05, 4.69) is 5.10 Å². The van der Waals surface area contributed by atoms with Crippen LogP contribution in [0.4, 0.5) is 0 Å². The lowest BCUT2D eigenvalue weighted by atomic mass is 10.1. The molecule has 0 fully saturated rings. The predicted octanol–water partition coefficient (Wildman–Crippen LogP) is 1.83. The van der Waals surface area contributed by atoms with Gasteiger partial charge in [-0.25, -0.2) is 0 Å². The smallest absolute Gasteiger partial charge is 0.179 e. The van der Waals surface area contributed by atoms with Crippen molar-refractivity contribution in [3.63, 3.8) is 0 Å².